The monoisotopic (exact) mass is 385 g/mol. The standard InChI is InChI=1S/C14H9N3O5S2.Na/c15-8-10-4-5-14(6-11(10)9-16)23-21-19-17-12-2-1-3-13(7-12)24-22-20-18;/h1-7,17-18H;/q;+1/p-1. The van der Waals surface area contributed by atoms with Crippen molar-refractivity contribution in [2.24, 2.45) is 0 Å². The van der Waals surface area contributed by atoms with Gasteiger partial charge in [0.2, 0.25) is 0 Å². The topological polar surface area (TPSA) is 120 Å². The molecule has 2 rings (SSSR count). The van der Waals surface area contributed by atoms with E-state index < -0.39 is 0 Å². The SMILES string of the molecule is N#Cc1ccc(SOONc2cccc(SOO[O-])c2)cc1C#N.[Na+]. The van der Waals surface area contributed by atoms with Crippen LogP contribution in [0.5, 0.6) is 0 Å². The first-order chi connectivity index (χ1) is 11.8. The van der Waals surface area contributed by atoms with E-state index in [1.54, 1.807) is 30.3 Å². The Bertz CT molecular complexity index is 782. The molecule has 0 amide bonds. The van der Waals surface area contributed by atoms with Gasteiger partial charge in [-0.05, 0) is 36.4 Å². The van der Waals surface area contributed by atoms with Crippen LogP contribution in [-0.4, -0.2) is 0 Å². The van der Waals surface area contributed by atoms with Crippen molar-refractivity contribution in [2.75, 3.05) is 5.48 Å². The molecule has 2 aromatic rings. The summed E-state index contributed by atoms with van der Waals surface area (Å²) in [7, 11) is 0. The van der Waals surface area contributed by atoms with Gasteiger partial charge in [0.1, 0.15) is 12.1 Å². The summed E-state index contributed by atoms with van der Waals surface area (Å²) < 4.78 is 9.12. The largest absolute Gasteiger partial charge is 1.00 e. The second-order valence-corrected chi connectivity index (χ2v) is 5.56. The first kappa shape index (κ1) is 21.8. The van der Waals surface area contributed by atoms with Crippen LogP contribution in [0.1, 0.15) is 11.1 Å². The average Bonchev–Trinajstić information content (AvgIpc) is 2.63. The molecule has 0 saturated carbocycles. The van der Waals surface area contributed by atoms with Crippen molar-refractivity contribution in [1.82, 2.24) is 0 Å². The van der Waals surface area contributed by atoms with Crippen molar-refractivity contribution in [3.8, 4) is 12.1 Å². The Balaban J connectivity index is 0.00000312. The quantitative estimate of drug-likeness (QED) is 0.212. The molecular formula is C14H8N3NaO5S2. The van der Waals surface area contributed by atoms with Crippen molar-refractivity contribution in [2.45, 2.75) is 9.79 Å². The predicted molar refractivity (Wildman–Crippen MR) is 82.0 cm³/mol. The second-order valence-electron chi connectivity index (χ2n) is 4.02. The molecule has 0 aliphatic carbocycles. The van der Waals surface area contributed by atoms with Crippen LogP contribution in [0.3, 0.4) is 0 Å². The van der Waals surface area contributed by atoms with Crippen molar-refractivity contribution in [1.29, 1.82) is 10.5 Å². The number of anilines is 1. The molecular weight excluding hydrogens is 377 g/mol. The Hall–Kier alpha value is -1.28. The van der Waals surface area contributed by atoms with E-state index in [9.17, 15) is 5.26 Å². The third-order valence-electron chi connectivity index (χ3n) is 2.55. The first-order valence-electron chi connectivity index (χ1n) is 6.20. The van der Waals surface area contributed by atoms with E-state index >= 15 is 0 Å². The molecule has 2 aromatic carbocycles. The zero-order valence-corrected chi connectivity index (χ0v) is 16.4. The first-order valence-corrected chi connectivity index (χ1v) is 7.69. The summed E-state index contributed by atoms with van der Waals surface area (Å²) in [6.45, 7) is 0. The zero-order chi connectivity index (χ0) is 17.2. The van der Waals surface area contributed by atoms with Gasteiger partial charge in [0.25, 0.3) is 0 Å². The minimum atomic E-state index is 0. The molecule has 0 fully saturated rings. The summed E-state index contributed by atoms with van der Waals surface area (Å²) in [5.74, 6) is 0. The van der Waals surface area contributed by atoms with Crippen molar-refractivity contribution < 1.29 is 53.5 Å². The van der Waals surface area contributed by atoms with Gasteiger partial charge in [0.15, 0.2) is 0 Å². The number of rotatable bonds is 8. The van der Waals surface area contributed by atoms with Gasteiger partial charge in [-0.25, -0.2) is 5.48 Å². The van der Waals surface area contributed by atoms with Gasteiger partial charge < -0.3 is 5.26 Å². The van der Waals surface area contributed by atoms with Gasteiger partial charge in [-0.1, -0.05) is 6.07 Å². The summed E-state index contributed by atoms with van der Waals surface area (Å²) in [5.41, 5.74) is 3.63. The van der Waals surface area contributed by atoms with E-state index in [1.807, 2.05) is 12.1 Å². The Morgan fingerprint density at radius 3 is 2.36 bits per heavy atom. The fraction of sp³-hybridized carbons (Fsp3) is 0. The van der Waals surface area contributed by atoms with Crippen molar-refractivity contribution in [3.63, 3.8) is 0 Å². The average molecular weight is 385 g/mol. The van der Waals surface area contributed by atoms with Gasteiger partial charge in [-0.2, -0.15) is 14.9 Å². The molecule has 0 heterocycles. The number of nitriles is 2. The molecule has 0 unspecified atom stereocenters. The summed E-state index contributed by atoms with van der Waals surface area (Å²) in [6, 6.07) is 15.3. The molecule has 1 N–H and O–H groups in total. The van der Waals surface area contributed by atoms with Gasteiger partial charge in [-0.15, -0.1) is 9.32 Å². The molecule has 25 heavy (non-hydrogen) atoms. The molecule has 11 heteroatoms. The van der Waals surface area contributed by atoms with Crippen LogP contribution in [0.15, 0.2) is 52.3 Å². The van der Waals surface area contributed by atoms with Crippen LogP contribution < -0.4 is 40.3 Å². The Labute approximate surface area is 174 Å². The second kappa shape index (κ2) is 12.1. The zero-order valence-electron chi connectivity index (χ0n) is 12.8. The van der Waals surface area contributed by atoms with E-state index in [0.717, 1.165) is 24.1 Å². The van der Waals surface area contributed by atoms with E-state index in [-0.39, 0.29) is 35.1 Å². The Morgan fingerprint density at radius 2 is 1.64 bits per heavy atom. The summed E-state index contributed by atoms with van der Waals surface area (Å²) in [4.78, 5) is 6.04. The Morgan fingerprint density at radius 1 is 0.920 bits per heavy atom. The summed E-state index contributed by atoms with van der Waals surface area (Å²) >= 11 is 1.61. The van der Waals surface area contributed by atoms with E-state index in [1.165, 1.54) is 12.1 Å². The molecule has 0 saturated heterocycles. The number of nitrogens with one attached hydrogen (secondary N) is 1. The molecule has 0 bridgehead atoms. The maximum Gasteiger partial charge on any atom is 1.00 e. The molecule has 122 valence electrons. The van der Waals surface area contributed by atoms with Crippen LogP contribution in [0, 0.1) is 22.7 Å². The number of hydrogen-bond donors (Lipinski definition) is 1. The van der Waals surface area contributed by atoms with E-state index in [4.69, 9.17) is 19.8 Å². The summed E-state index contributed by atoms with van der Waals surface area (Å²) in [5, 5.41) is 30.8. The fourth-order valence-corrected chi connectivity index (χ4v) is 2.40. The molecule has 0 spiro atoms. The van der Waals surface area contributed by atoms with Gasteiger partial charge >= 0.3 is 29.6 Å². The fourth-order valence-electron chi connectivity index (χ4n) is 1.55. The molecule has 0 aliphatic heterocycles. The Kier molecular flexibility index (Phi) is 10.6. The van der Waals surface area contributed by atoms with Crippen molar-refractivity contribution >= 4 is 29.8 Å². The minimum Gasteiger partial charge on any atom is -0.691 e. The normalized spacial score (nSPS) is 9.56. The van der Waals surface area contributed by atoms with E-state index in [2.05, 4.69) is 14.9 Å². The van der Waals surface area contributed by atoms with Gasteiger partial charge in [0.05, 0.1) is 40.9 Å². The van der Waals surface area contributed by atoms with Crippen LogP contribution >= 0.6 is 24.1 Å². The molecule has 0 aliphatic rings. The third-order valence-corrected chi connectivity index (χ3v) is 3.70. The molecule has 0 radical (unpaired) electrons. The maximum absolute atomic E-state index is 9.78. The third kappa shape index (κ3) is 7.23. The minimum absolute atomic E-state index is 0. The predicted octanol–water partition coefficient (Wildman–Crippen LogP) is -0.353. The number of nitrogens with zero attached hydrogens (tertiary/aromatic N) is 2. The van der Waals surface area contributed by atoms with Crippen LogP contribution in [-0.2, 0) is 18.7 Å². The van der Waals surface area contributed by atoms with Crippen LogP contribution in [0.4, 0.5) is 5.69 Å². The summed E-state index contributed by atoms with van der Waals surface area (Å²) in [6.07, 6.45) is 0. The molecule has 0 atom stereocenters. The molecule has 0 aromatic heterocycles. The van der Waals surface area contributed by atoms with Crippen LogP contribution in [0.2, 0.25) is 0 Å². The molecule has 8 nitrogen and oxygen atoms in total. The van der Waals surface area contributed by atoms with E-state index in [0.29, 0.717) is 21.0 Å². The number of hydrogen-bond acceptors (Lipinski definition) is 10. The number of benzene rings is 2. The van der Waals surface area contributed by atoms with Gasteiger partial charge in [-0.3, -0.25) is 5.04 Å². The van der Waals surface area contributed by atoms with Gasteiger partial charge in [0, 0.05) is 9.79 Å². The maximum atomic E-state index is 9.78. The smallest absolute Gasteiger partial charge is 0.691 e. The van der Waals surface area contributed by atoms with Crippen molar-refractivity contribution in [3.05, 3.63) is 53.6 Å². The van der Waals surface area contributed by atoms with Crippen LogP contribution in [0.25, 0.3) is 0 Å².